The summed E-state index contributed by atoms with van der Waals surface area (Å²) < 4.78 is 19.0. The molecule has 1 saturated heterocycles. The highest BCUT2D eigenvalue weighted by Gasteiger charge is 2.36. The molecule has 9 heteroatoms. The van der Waals surface area contributed by atoms with Crippen LogP contribution in [0.5, 0.6) is 0 Å². The first kappa shape index (κ1) is 20.9. The fraction of sp³-hybridized carbons (Fsp3) is 0.0455. The molecule has 0 aliphatic carbocycles. The highest BCUT2D eigenvalue weighted by Crippen LogP contribution is 2.33. The molecule has 156 valence electrons. The van der Waals surface area contributed by atoms with Crippen LogP contribution in [0.4, 0.5) is 14.9 Å². The molecule has 0 unspecified atom stereocenters. The summed E-state index contributed by atoms with van der Waals surface area (Å²) in [6.07, 6.45) is 1.47. The number of anilines is 1. The lowest BCUT2D eigenvalue weighted by molar-refractivity contribution is -0.127. The maximum Gasteiger partial charge on any atom is 0.294 e. The number of nitrogens with one attached hydrogen (secondary N) is 1. The summed E-state index contributed by atoms with van der Waals surface area (Å²) in [5.74, 6) is -0.794. The van der Waals surface area contributed by atoms with Crippen LogP contribution in [0.25, 0.3) is 17.4 Å². The van der Waals surface area contributed by atoms with E-state index in [1.54, 1.807) is 12.1 Å². The van der Waals surface area contributed by atoms with Gasteiger partial charge in [0, 0.05) is 17.3 Å². The number of hydrogen-bond donors (Lipinski definition) is 1. The van der Waals surface area contributed by atoms with Crippen molar-refractivity contribution in [1.29, 1.82) is 0 Å². The van der Waals surface area contributed by atoms with Crippen molar-refractivity contribution in [2.24, 2.45) is 0 Å². The molecule has 1 aliphatic heterocycles. The Balaban J connectivity index is 1.44. The smallest absolute Gasteiger partial charge is 0.294 e. The SMILES string of the molecule is O=C(CN1C(=O)S/C(=C\c2ccc(-c3ccccc3)o2)C1=O)Nc1ccc(F)c(Cl)c1. The summed E-state index contributed by atoms with van der Waals surface area (Å²) in [4.78, 5) is 38.1. The molecule has 1 aromatic heterocycles. The Morgan fingerprint density at radius 3 is 2.65 bits per heavy atom. The molecular weight excluding hydrogens is 443 g/mol. The van der Waals surface area contributed by atoms with Crippen LogP contribution >= 0.6 is 23.4 Å². The van der Waals surface area contributed by atoms with Crippen LogP contribution in [0.15, 0.2) is 70.0 Å². The standard InChI is InChI=1S/C22H14ClFN2O4S/c23-16-10-14(6-8-17(16)24)25-20(27)12-26-21(28)19(31-22(26)29)11-15-7-9-18(30-15)13-4-2-1-3-5-13/h1-11H,12H2,(H,25,27)/b19-11-. The lowest BCUT2D eigenvalue weighted by atomic mass is 10.2. The number of imide groups is 1. The van der Waals surface area contributed by atoms with E-state index in [4.69, 9.17) is 16.0 Å². The van der Waals surface area contributed by atoms with E-state index < -0.39 is 29.4 Å². The minimum absolute atomic E-state index is 0.150. The molecule has 0 radical (unpaired) electrons. The van der Waals surface area contributed by atoms with Crippen molar-refractivity contribution in [2.75, 3.05) is 11.9 Å². The number of nitrogens with zero attached hydrogens (tertiary/aromatic N) is 1. The van der Waals surface area contributed by atoms with E-state index in [2.05, 4.69) is 5.32 Å². The second-order valence-corrected chi connectivity index (χ2v) is 7.91. The number of carbonyl (C=O) groups excluding carboxylic acids is 3. The molecule has 1 aliphatic rings. The van der Waals surface area contributed by atoms with E-state index in [1.807, 2.05) is 30.3 Å². The van der Waals surface area contributed by atoms with Crippen molar-refractivity contribution in [3.05, 3.63) is 82.2 Å². The third-order valence-corrected chi connectivity index (χ3v) is 5.53. The van der Waals surface area contributed by atoms with Gasteiger partial charge in [-0.15, -0.1) is 0 Å². The molecule has 0 atom stereocenters. The minimum atomic E-state index is -0.621. The van der Waals surface area contributed by atoms with Gasteiger partial charge in [0.15, 0.2) is 0 Å². The van der Waals surface area contributed by atoms with Gasteiger partial charge in [-0.2, -0.15) is 0 Å². The van der Waals surface area contributed by atoms with E-state index in [0.29, 0.717) is 11.5 Å². The van der Waals surface area contributed by atoms with E-state index in [-0.39, 0.29) is 15.6 Å². The number of hydrogen-bond acceptors (Lipinski definition) is 5. The Morgan fingerprint density at radius 2 is 1.90 bits per heavy atom. The molecule has 6 nitrogen and oxygen atoms in total. The Bertz CT molecular complexity index is 1210. The van der Waals surface area contributed by atoms with Gasteiger partial charge >= 0.3 is 0 Å². The number of rotatable bonds is 5. The van der Waals surface area contributed by atoms with Gasteiger partial charge in [0.05, 0.1) is 9.93 Å². The third kappa shape index (κ3) is 4.70. The molecule has 0 saturated carbocycles. The predicted octanol–water partition coefficient (Wildman–Crippen LogP) is 5.41. The van der Waals surface area contributed by atoms with Gasteiger partial charge in [-0.3, -0.25) is 19.3 Å². The monoisotopic (exact) mass is 456 g/mol. The number of amides is 3. The van der Waals surface area contributed by atoms with Crippen molar-refractivity contribution in [3.63, 3.8) is 0 Å². The molecule has 4 rings (SSSR count). The molecule has 31 heavy (non-hydrogen) atoms. The van der Waals surface area contributed by atoms with Crippen molar-refractivity contribution in [1.82, 2.24) is 4.90 Å². The first-order valence-electron chi connectivity index (χ1n) is 9.06. The van der Waals surface area contributed by atoms with Crippen LogP contribution in [0.1, 0.15) is 5.76 Å². The Kier molecular flexibility index (Phi) is 5.92. The average Bonchev–Trinajstić information content (AvgIpc) is 3.32. The highest BCUT2D eigenvalue weighted by atomic mass is 35.5. The van der Waals surface area contributed by atoms with Gasteiger partial charge in [0.2, 0.25) is 5.91 Å². The second-order valence-electron chi connectivity index (χ2n) is 6.51. The molecule has 3 amide bonds. The third-order valence-electron chi connectivity index (χ3n) is 4.34. The summed E-state index contributed by atoms with van der Waals surface area (Å²) in [5, 5.41) is 1.76. The van der Waals surface area contributed by atoms with Crippen molar-refractivity contribution < 1.29 is 23.2 Å². The molecule has 3 aromatic rings. The van der Waals surface area contributed by atoms with Crippen LogP contribution in [0, 0.1) is 5.82 Å². The molecule has 1 N–H and O–H groups in total. The second kappa shape index (κ2) is 8.79. The van der Waals surface area contributed by atoms with Gasteiger partial charge in [-0.25, -0.2) is 4.39 Å². The summed E-state index contributed by atoms with van der Waals surface area (Å²) >= 11 is 6.41. The van der Waals surface area contributed by atoms with Crippen molar-refractivity contribution in [3.8, 4) is 11.3 Å². The zero-order chi connectivity index (χ0) is 22.0. The number of benzene rings is 2. The average molecular weight is 457 g/mol. The predicted molar refractivity (Wildman–Crippen MR) is 117 cm³/mol. The normalized spacial score (nSPS) is 15.0. The number of halogens is 2. The molecule has 2 aromatic carbocycles. The zero-order valence-electron chi connectivity index (χ0n) is 15.8. The number of furan rings is 1. The molecule has 0 bridgehead atoms. The molecule has 1 fully saturated rings. The topological polar surface area (TPSA) is 79.6 Å². The van der Waals surface area contributed by atoms with Crippen LogP contribution < -0.4 is 5.32 Å². The highest BCUT2D eigenvalue weighted by molar-refractivity contribution is 8.18. The van der Waals surface area contributed by atoms with Crippen molar-refractivity contribution in [2.45, 2.75) is 0 Å². The van der Waals surface area contributed by atoms with Crippen molar-refractivity contribution >= 4 is 52.2 Å². The van der Waals surface area contributed by atoms with E-state index >= 15 is 0 Å². The Labute approximate surface area is 185 Å². The van der Waals surface area contributed by atoms with Crippen LogP contribution in [-0.4, -0.2) is 28.5 Å². The van der Waals surface area contributed by atoms with E-state index in [9.17, 15) is 18.8 Å². The first-order valence-corrected chi connectivity index (χ1v) is 10.3. The first-order chi connectivity index (χ1) is 14.9. The Hall–Kier alpha value is -3.36. The summed E-state index contributed by atoms with van der Waals surface area (Å²) in [5.41, 5.74) is 1.13. The van der Waals surface area contributed by atoms with E-state index in [0.717, 1.165) is 28.3 Å². The van der Waals surface area contributed by atoms with Crippen LogP contribution in [0.3, 0.4) is 0 Å². The summed E-state index contributed by atoms with van der Waals surface area (Å²) in [6.45, 7) is -0.482. The van der Waals surface area contributed by atoms with Gasteiger partial charge in [-0.05, 0) is 42.1 Å². The summed E-state index contributed by atoms with van der Waals surface area (Å²) in [6, 6.07) is 16.6. The molecule has 0 spiro atoms. The van der Waals surface area contributed by atoms with Gasteiger partial charge < -0.3 is 9.73 Å². The maximum absolute atomic E-state index is 13.2. The minimum Gasteiger partial charge on any atom is -0.457 e. The largest absolute Gasteiger partial charge is 0.457 e. The lowest BCUT2D eigenvalue weighted by Gasteiger charge is -2.12. The number of thioether (sulfide) groups is 1. The van der Waals surface area contributed by atoms with E-state index in [1.165, 1.54) is 18.2 Å². The lowest BCUT2D eigenvalue weighted by Crippen LogP contribution is -2.36. The summed E-state index contributed by atoms with van der Waals surface area (Å²) in [7, 11) is 0. The van der Waals surface area contributed by atoms with Crippen LogP contribution in [0.2, 0.25) is 5.02 Å². The Morgan fingerprint density at radius 1 is 1.13 bits per heavy atom. The fourth-order valence-corrected chi connectivity index (χ4v) is 3.87. The van der Waals surface area contributed by atoms with Gasteiger partial charge in [-0.1, -0.05) is 41.9 Å². The zero-order valence-corrected chi connectivity index (χ0v) is 17.4. The van der Waals surface area contributed by atoms with Gasteiger partial charge in [0.25, 0.3) is 11.1 Å². The number of carbonyl (C=O) groups is 3. The quantitative estimate of drug-likeness (QED) is 0.519. The maximum atomic E-state index is 13.2. The molecule has 2 heterocycles. The van der Waals surface area contributed by atoms with Gasteiger partial charge in [0.1, 0.15) is 23.9 Å². The van der Waals surface area contributed by atoms with Crippen LogP contribution in [-0.2, 0) is 9.59 Å². The molecular formula is C22H14ClFN2O4S. The fourth-order valence-electron chi connectivity index (χ4n) is 2.87.